The van der Waals surface area contributed by atoms with Crippen molar-refractivity contribution in [1.82, 2.24) is 9.97 Å². The topological polar surface area (TPSA) is 59.5 Å². The van der Waals surface area contributed by atoms with Crippen molar-refractivity contribution in [2.24, 2.45) is 0 Å². The molecule has 0 amide bonds. The molecule has 0 aliphatic heterocycles. The van der Waals surface area contributed by atoms with E-state index >= 15 is 0 Å². The minimum atomic E-state index is 0.662. The molecule has 1 aromatic heterocycles. The van der Waals surface area contributed by atoms with Crippen LogP contribution in [-0.2, 0) is 4.74 Å². The molecular formula is C11H20N4O2. The number of nitrogens with one attached hydrogen (secondary N) is 1. The number of anilines is 2. The Kier molecular flexibility index (Phi) is 5.48. The van der Waals surface area contributed by atoms with E-state index in [0.29, 0.717) is 11.6 Å². The highest BCUT2D eigenvalue weighted by atomic mass is 16.5. The van der Waals surface area contributed by atoms with Crippen LogP contribution in [0.2, 0.25) is 0 Å². The average molecular weight is 240 g/mol. The third-order valence-electron chi connectivity index (χ3n) is 2.43. The zero-order chi connectivity index (χ0) is 12.7. The summed E-state index contributed by atoms with van der Waals surface area (Å²) in [4.78, 5) is 10.4. The highest BCUT2D eigenvalue weighted by Gasteiger charge is 2.14. The smallest absolute Gasteiger partial charge is 0.204 e. The Balaban J connectivity index is 2.81. The molecule has 0 radical (unpaired) electrons. The van der Waals surface area contributed by atoms with Crippen molar-refractivity contribution in [2.45, 2.75) is 6.42 Å². The predicted octanol–water partition coefficient (Wildman–Crippen LogP) is 1.000. The lowest BCUT2D eigenvalue weighted by Gasteiger charge is -2.21. The molecule has 0 saturated heterocycles. The highest BCUT2D eigenvalue weighted by Crippen LogP contribution is 2.30. The van der Waals surface area contributed by atoms with E-state index in [-0.39, 0.29) is 0 Å². The zero-order valence-corrected chi connectivity index (χ0v) is 10.9. The fraction of sp³-hybridized carbons (Fsp3) is 0.636. The molecule has 6 nitrogen and oxygen atoms in total. The molecule has 1 heterocycles. The van der Waals surface area contributed by atoms with Crippen LogP contribution in [0.25, 0.3) is 0 Å². The maximum absolute atomic E-state index is 5.33. The zero-order valence-electron chi connectivity index (χ0n) is 10.9. The molecule has 0 saturated carbocycles. The Morgan fingerprint density at radius 3 is 2.71 bits per heavy atom. The van der Waals surface area contributed by atoms with Gasteiger partial charge in [0.15, 0.2) is 11.6 Å². The van der Waals surface area contributed by atoms with Gasteiger partial charge < -0.3 is 19.7 Å². The van der Waals surface area contributed by atoms with Crippen molar-refractivity contribution >= 4 is 11.6 Å². The SMILES string of the molecule is CNc1ncnc(N(C)CCCOC)c1OC. The largest absolute Gasteiger partial charge is 0.490 e. The van der Waals surface area contributed by atoms with Crippen LogP contribution in [0.5, 0.6) is 5.75 Å². The molecule has 1 N–H and O–H groups in total. The number of nitrogens with zero attached hydrogens (tertiary/aromatic N) is 3. The molecule has 0 aliphatic rings. The lowest BCUT2D eigenvalue weighted by Crippen LogP contribution is -2.22. The second-order valence-electron chi connectivity index (χ2n) is 3.60. The molecule has 1 rings (SSSR count). The maximum atomic E-state index is 5.33. The van der Waals surface area contributed by atoms with Crippen LogP contribution in [0, 0.1) is 0 Å². The van der Waals surface area contributed by atoms with Crippen molar-refractivity contribution in [2.75, 3.05) is 51.7 Å². The average Bonchev–Trinajstić information content (AvgIpc) is 2.37. The summed E-state index contributed by atoms with van der Waals surface area (Å²) in [7, 11) is 7.09. The number of hydrogen-bond donors (Lipinski definition) is 1. The summed E-state index contributed by atoms with van der Waals surface area (Å²) in [6.45, 7) is 1.58. The van der Waals surface area contributed by atoms with Crippen LogP contribution in [-0.4, -0.2) is 51.4 Å². The van der Waals surface area contributed by atoms with Gasteiger partial charge in [-0.1, -0.05) is 0 Å². The van der Waals surface area contributed by atoms with Crippen molar-refractivity contribution in [3.8, 4) is 5.75 Å². The molecule has 0 fully saturated rings. The molecule has 0 spiro atoms. The lowest BCUT2D eigenvalue weighted by molar-refractivity contribution is 0.196. The monoisotopic (exact) mass is 240 g/mol. The summed E-state index contributed by atoms with van der Waals surface area (Å²) in [5.41, 5.74) is 0. The Morgan fingerprint density at radius 1 is 1.35 bits per heavy atom. The van der Waals surface area contributed by atoms with Gasteiger partial charge in [-0.05, 0) is 6.42 Å². The van der Waals surface area contributed by atoms with Crippen molar-refractivity contribution in [3.05, 3.63) is 6.33 Å². The predicted molar refractivity (Wildman–Crippen MR) is 67.9 cm³/mol. The molecule has 17 heavy (non-hydrogen) atoms. The maximum Gasteiger partial charge on any atom is 0.204 e. The van der Waals surface area contributed by atoms with E-state index in [1.165, 1.54) is 6.33 Å². The molecule has 96 valence electrons. The molecule has 6 heteroatoms. The van der Waals surface area contributed by atoms with Crippen LogP contribution in [0.4, 0.5) is 11.6 Å². The summed E-state index contributed by atoms with van der Waals surface area (Å²) >= 11 is 0. The number of rotatable bonds is 7. The highest BCUT2D eigenvalue weighted by molar-refractivity contribution is 5.64. The first-order valence-electron chi connectivity index (χ1n) is 5.51. The van der Waals surface area contributed by atoms with E-state index in [1.807, 2.05) is 11.9 Å². The van der Waals surface area contributed by atoms with Gasteiger partial charge in [0.25, 0.3) is 0 Å². The van der Waals surface area contributed by atoms with E-state index < -0.39 is 0 Å². The summed E-state index contributed by atoms with van der Waals surface area (Å²) in [5, 5.41) is 2.98. The Morgan fingerprint density at radius 2 is 2.12 bits per heavy atom. The van der Waals surface area contributed by atoms with E-state index in [1.54, 1.807) is 21.3 Å². The van der Waals surface area contributed by atoms with Crippen molar-refractivity contribution in [1.29, 1.82) is 0 Å². The van der Waals surface area contributed by atoms with Crippen LogP contribution in [0.15, 0.2) is 6.33 Å². The lowest BCUT2D eigenvalue weighted by atomic mass is 10.3. The Hall–Kier alpha value is -1.56. The van der Waals surface area contributed by atoms with Crippen LogP contribution >= 0.6 is 0 Å². The first-order valence-corrected chi connectivity index (χ1v) is 5.51. The first kappa shape index (κ1) is 13.5. The molecule has 0 unspecified atom stereocenters. The summed E-state index contributed by atoms with van der Waals surface area (Å²) in [6, 6.07) is 0. The quantitative estimate of drug-likeness (QED) is 0.717. The van der Waals surface area contributed by atoms with Gasteiger partial charge in [0.2, 0.25) is 5.75 Å². The minimum absolute atomic E-state index is 0.662. The van der Waals surface area contributed by atoms with E-state index in [9.17, 15) is 0 Å². The standard InChI is InChI=1S/C11H20N4O2/c1-12-10-9(17-4)11(14-8-13-10)15(2)6-5-7-16-3/h8H,5-7H2,1-4H3,(H,12,13,14). The summed E-state index contributed by atoms with van der Waals surface area (Å²) in [6.07, 6.45) is 2.46. The Labute approximate surface area is 102 Å². The number of hydrogen-bond acceptors (Lipinski definition) is 6. The fourth-order valence-corrected chi connectivity index (χ4v) is 1.55. The van der Waals surface area contributed by atoms with Gasteiger partial charge in [-0.3, -0.25) is 0 Å². The van der Waals surface area contributed by atoms with Gasteiger partial charge in [-0.2, -0.15) is 0 Å². The number of aromatic nitrogens is 2. The molecule has 0 aromatic carbocycles. The van der Waals surface area contributed by atoms with Gasteiger partial charge in [-0.15, -0.1) is 0 Å². The van der Waals surface area contributed by atoms with Crippen LogP contribution in [0.1, 0.15) is 6.42 Å². The second kappa shape index (κ2) is 6.90. The van der Waals surface area contributed by atoms with E-state index in [2.05, 4.69) is 15.3 Å². The van der Waals surface area contributed by atoms with E-state index in [0.717, 1.165) is 25.4 Å². The first-order chi connectivity index (χ1) is 8.24. The Bertz CT molecular complexity index is 346. The van der Waals surface area contributed by atoms with Crippen molar-refractivity contribution < 1.29 is 9.47 Å². The summed E-state index contributed by atoms with van der Waals surface area (Å²) < 4.78 is 10.4. The molecular weight excluding hydrogens is 220 g/mol. The normalized spacial score (nSPS) is 10.1. The third kappa shape index (κ3) is 3.45. The van der Waals surface area contributed by atoms with Gasteiger partial charge >= 0.3 is 0 Å². The van der Waals surface area contributed by atoms with Crippen LogP contribution in [0.3, 0.4) is 0 Å². The van der Waals surface area contributed by atoms with Gasteiger partial charge in [0, 0.05) is 34.4 Å². The fourth-order valence-electron chi connectivity index (χ4n) is 1.55. The van der Waals surface area contributed by atoms with E-state index in [4.69, 9.17) is 9.47 Å². The van der Waals surface area contributed by atoms with Gasteiger partial charge in [0.05, 0.1) is 7.11 Å². The molecule has 0 aliphatic carbocycles. The van der Waals surface area contributed by atoms with Gasteiger partial charge in [-0.25, -0.2) is 9.97 Å². The van der Waals surface area contributed by atoms with Crippen molar-refractivity contribution in [3.63, 3.8) is 0 Å². The van der Waals surface area contributed by atoms with Crippen LogP contribution < -0.4 is 15.0 Å². The molecule has 1 aromatic rings. The summed E-state index contributed by atoms with van der Waals surface area (Å²) in [5.74, 6) is 2.13. The molecule has 0 bridgehead atoms. The molecule has 0 atom stereocenters. The number of ether oxygens (including phenoxy) is 2. The second-order valence-corrected chi connectivity index (χ2v) is 3.60. The minimum Gasteiger partial charge on any atom is -0.490 e. The van der Waals surface area contributed by atoms with Gasteiger partial charge in [0.1, 0.15) is 6.33 Å². The third-order valence-corrected chi connectivity index (χ3v) is 2.43. The number of methoxy groups -OCH3 is 2.